The Morgan fingerprint density at radius 3 is 2.27 bits per heavy atom. The van der Waals surface area contributed by atoms with E-state index < -0.39 is 11.9 Å². The van der Waals surface area contributed by atoms with Crippen molar-refractivity contribution in [3.05, 3.63) is 48.0 Å². The molecule has 0 saturated carbocycles. The van der Waals surface area contributed by atoms with Gasteiger partial charge in [-0.3, -0.25) is 9.69 Å². The molecule has 1 heterocycles. The van der Waals surface area contributed by atoms with Gasteiger partial charge in [0.25, 0.3) is 0 Å². The first kappa shape index (κ1) is 17.9. The van der Waals surface area contributed by atoms with Crippen molar-refractivity contribution in [3.63, 3.8) is 0 Å². The van der Waals surface area contributed by atoms with Crippen LogP contribution in [-0.4, -0.2) is 52.9 Å². The number of nitrogens with zero attached hydrogens (tertiary/aromatic N) is 1. The van der Waals surface area contributed by atoms with E-state index >= 15 is 0 Å². The van der Waals surface area contributed by atoms with Gasteiger partial charge in [0.15, 0.2) is 0 Å². The Bertz CT molecular complexity index is 499. The molecule has 2 N–H and O–H groups in total. The lowest BCUT2D eigenvalue weighted by Crippen LogP contribution is -2.32. The predicted octanol–water partition coefficient (Wildman–Crippen LogP) is 1.62. The molecule has 0 aliphatic carbocycles. The molecule has 6 nitrogen and oxygen atoms in total. The van der Waals surface area contributed by atoms with E-state index in [4.69, 9.17) is 14.9 Å². The zero-order chi connectivity index (χ0) is 16.5. The van der Waals surface area contributed by atoms with E-state index in [-0.39, 0.29) is 18.2 Å². The summed E-state index contributed by atoms with van der Waals surface area (Å²) < 4.78 is 5.12. The third kappa shape index (κ3) is 8.18. The van der Waals surface area contributed by atoms with E-state index in [9.17, 15) is 9.59 Å². The van der Waals surface area contributed by atoms with E-state index in [1.807, 2.05) is 35.2 Å². The Labute approximate surface area is 129 Å². The summed E-state index contributed by atoms with van der Waals surface area (Å²) in [6.45, 7) is 6.78. The Kier molecular flexibility index (Phi) is 7.28. The number of ether oxygens (including phenoxy) is 1. The lowest BCUT2D eigenvalue weighted by atomic mass is 10.2. The van der Waals surface area contributed by atoms with Crippen molar-refractivity contribution >= 4 is 11.9 Å². The summed E-state index contributed by atoms with van der Waals surface area (Å²) in [6.07, 6.45) is 0.225. The molecule has 1 atom stereocenters. The van der Waals surface area contributed by atoms with E-state index in [1.54, 1.807) is 0 Å². The maximum Gasteiger partial charge on any atom is 0.330 e. The van der Waals surface area contributed by atoms with Crippen molar-refractivity contribution in [2.75, 3.05) is 19.7 Å². The minimum absolute atomic E-state index is 0.0642. The third-order valence-electron chi connectivity index (χ3n) is 2.84. The standard InChI is InChI=1S/C12H15NO3.C4H6O2/c14-12(15)8-13(7-11-9-16-11)6-10-4-2-1-3-5-10;1-3(2)4(5)6/h1-5,11H,6-9H2,(H,14,15);1H2,2H3,(H,5,6). The molecule has 0 amide bonds. The number of hydrogen-bond acceptors (Lipinski definition) is 4. The van der Waals surface area contributed by atoms with Gasteiger partial charge in [-0.25, -0.2) is 4.79 Å². The highest BCUT2D eigenvalue weighted by molar-refractivity contribution is 5.84. The molecule has 1 aromatic carbocycles. The maximum atomic E-state index is 10.7. The maximum absolute atomic E-state index is 10.7. The SMILES string of the molecule is C=C(C)C(=O)O.O=C(O)CN(Cc1ccccc1)CC1CO1. The van der Waals surface area contributed by atoms with E-state index in [0.29, 0.717) is 13.1 Å². The first-order valence-corrected chi connectivity index (χ1v) is 6.87. The van der Waals surface area contributed by atoms with Crippen molar-refractivity contribution in [1.29, 1.82) is 0 Å². The zero-order valence-corrected chi connectivity index (χ0v) is 12.6. The number of benzene rings is 1. The Morgan fingerprint density at radius 2 is 1.86 bits per heavy atom. The molecule has 6 heteroatoms. The van der Waals surface area contributed by atoms with Crippen LogP contribution >= 0.6 is 0 Å². The molecule has 1 aromatic rings. The van der Waals surface area contributed by atoms with Crippen LogP contribution in [0.4, 0.5) is 0 Å². The molecule has 1 aliphatic rings. The van der Waals surface area contributed by atoms with E-state index in [1.165, 1.54) is 6.92 Å². The van der Waals surface area contributed by atoms with Crippen molar-refractivity contribution in [3.8, 4) is 0 Å². The molecular formula is C16H21NO5. The molecule has 0 aromatic heterocycles. The van der Waals surface area contributed by atoms with Crippen LogP contribution in [0, 0.1) is 0 Å². The molecule has 1 aliphatic heterocycles. The van der Waals surface area contributed by atoms with E-state index in [2.05, 4.69) is 6.58 Å². The van der Waals surface area contributed by atoms with Gasteiger partial charge in [-0.1, -0.05) is 36.9 Å². The van der Waals surface area contributed by atoms with Crippen LogP contribution in [0.1, 0.15) is 12.5 Å². The summed E-state index contributed by atoms with van der Waals surface area (Å²) in [5.74, 6) is -1.73. The first-order valence-electron chi connectivity index (χ1n) is 6.87. The fourth-order valence-corrected chi connectivity index (χ4v) is 1.68. The van der Waals surface area contributed by atoms with Crippen molar-refractivity contribution < 1.29 is 24.5 Å². The van der Waals surface area contributed by atoms with Gasteiger partial charge in [0.05, 0.1) is 19.3 Å². The lowest BCUT2D eigenvalue weighted by Gasteiger charge is -2.19. The van der Waals surface area contributed by atoms with Crippen molar-refractivity contribution in [1.82, 2.24) is 4.90 Å². The number of epoxide rings is 1. The molecule has 1 fully saturated rings. The summed E-state index contributed by atoms with van der Waals surface area (Å²) >= 11 is 0. The number of carboxylic acids is 2. The van der Waals surface area contributed by atoms with Gasteiger partial charge < -0.3 is 14.9 Å². The number of hydrogen-bond donors (Lipinski definition) is 2. The minimum atomic E-state index is -0.935. The second-order valence-corrected chi connectivity index (χ2v) is 5.09. The van der Waals surface area contributed by atoms with Crippen LogP contribution in [0.15, 0.2) is 42.5 Å². The highest BCUT2D eigenvalue weighted by Gasteiger charge is 2.26. The fourth-order valence-electron chi connectivity index (χ4n) is 1.68. The number of rotatable bonds is 7. The average Bonchev–Trinajstić information content (AvgIpc) is 3.23. The number of carboxylic acid groups (broad SMARTS) is 2. The van der Waals surface area contributed by atoms with Crippen LogP contribution in [-0.2, 0) is 20.9 Å². The lowest BCUT2D eigenvalue weighted by molar-refractivity contribution is -0.138. The Balaban J connectivity index is 0.000000346. The quantitative estimate of drug-likeness (QED) is 0.587. The summed E-state index contributed by atoms with van der Waals surface area (Å²) in [4.78, 5) is 22.2. The van der Waals surface area contributed by atoms with Gasteiger partial charge in [-0.2, -0.15) is 0 Å². The van der Waals surface area contributed by atoms with Gasteiger partial charge >= 0.3 is 11.9 Å². The van der Waals surface area contributed by atoms with Gasteiger partial charge in [-0.05, 0) is 12.5 Å². The smallest absolute Gasteiger partial charge is 0.330 e. The van der Waals surface area contributed by atoms with Crippen molar-refractivity contribution in [2.24, 2.45) is 0 Å². The van der Waals surface area contributed by atoms with Gasteiger partial charge in [0.2, 0.25) is 0 Å². The van der Waals surface area contributed by atoms with Gasteiger partial charge in [-0.15, -0.1) is 0 Å². The molecule has 22 heavy (non-hydrogen) atoms. The number of carbonyl (C=O) groups is 2. The molecule has 120 valence electrons. The minimum Gasteiger partial charge on any atom is -0.480 e. The highest BCUT2D eigenvalue weighted by Crippen LogP contribution is 2.13. The molecule has 0 spiro atoms. The molecule has 1 saturated heterocycles. The predicted molar refractivity (Wildman–Crippen MR) is 81.5 cm³/mol. The third-order valence-corrected chi connectivity index (χ3v) is 2.84. The van der Waals surface area contributed by atoms with Gasteiger partial charge in [0.1, 0.15) is 0 Å². The summed E-state index contributed by atoms with van der Waals surface area (Å²) in [5.41, 5.74) is 1.31. The van der Waals surface area contributed by atoms with Crippen LogP contribution in [0.25, 0.3) is 0 Å². The molecule has 2 rings (SSSR count). The summed E-state index contributed by atoms with van der Waals surface area (Å²) in [7, 11) is 0. The average molecular weight is 307 g/mol. The molecule has 0 radical (unpaired) electrons. The monoisotopic (exact) mass is 307 g/mol. The Hall–Kier alpha value is -2.18. The first-order chi connectivity index (χ1) is 10.4. The van der Waals surface area contributed by atoms with Crippen LogP contribution < -0.4 is 0 Å². The highest BCUT2D eigenvalue weighted by atomic mass is 16.6. The number of aliphatic carboxylic acids is 2. The van der Waals surface area contributed by atoms with Crippen LogP contribution in [0.5, 0.6) is 0 Å². The van der Waals surface area contributed by atoms with Crippen LogP contribution in [0.2, 0.25) is 0 Å². The van der Waals surface area contributed by atoms with Crippen LogP contribution in [0.3, 0.4) is 0 Å². The fraction of sp³-hybridized carbons (Fsp3) is 0.375. The summed E-state index contributed by atoms with van der Waals surface area (Å²) in [6, 6.07) is 9.88. The van der Waals surface area contributed by atoms with Gasteiger partial charge in [0, 0.05) is 18.7 Å². The molecular weight excluding hydrogens is 286 g/mol. The largest absolute Gasteiger partial charge is 0.480 e. The second-order valence-electron chi connectivity index (χ2n) is 5.09. The Morgan fingerprint density at radius 1 is 1.32 bits per heavy atom. The second kappa shape index (κ2) is 8.96. The normalized spacial score (nSPS) is 15.6. The van der Waals surface area contributed by atoms with E-state index in [0.717, 1.165) is 12.2 Å². The molecule has 0 bridgehead atoms. The summed E-state index contributed by atoms with van der Waals surface area (Å²) in [5, 5.41) is 16.7. The van der Waals surface area contributed by atoms with Crippen molar-refractivity contribution in [2.45, 2.75) is 19.6 Å². The zero-order valence-electron chi connectivity index (χ0n) is 12.6. The topological polar surface area (TPSA) is 90.4 Å². The molecule has 1 unspecified atom stereocenters.